The number of pyridine rings is 1. The molecule has 3 aromatic rings. The Morgan fingerprint density at radius 2 is 1.88 bits per heavy atom. The number of para-hydroxylation sites is 1. The van der Waals surface area contributed by atoms with Crippen LogP contribution in [0.25, 0.3) is 10.9 Å². The molecule has 5 nitrogen and oxygen atoms in total. The number of hydrogen-bond acceptors (Lipinski definition) is 5. The van der Waals surface area contributed by atoms with Crippen LogP contribution < -0.4 is 10.6 Å². The average Bonchev–Trinajstić information content (AvgIpc) is 2.60. The fourth-order valence-electron chi connectivity index (χ4n) is 2.91. The van der Waals surface area contributed by atoms with Crippen molar-refractivity contribution in [1.29, 1.82) is 0 Å². The van der Waals surface area contributed by atoms with E-state index in [1.54, 1.807) is 0 Å². The van der Waals surface area contributed by atoms with E-state index in [-0.39, 0.29) is 6.04 Å². The SMILES string of the molecule is Cc1cccnc1CN(c1nc(CCN)nc2ccccc12)C(C)C. The van der Waals surface area contributed by atoms with E-state index in [9.17, 15) is 0 Å². The fraction of sp³-hybridized carbons (Fsp3) is 0.350. The monoisotopic (exact) mass is 335 g/mol. The Labute approximate surface area is 148 Å². The summed E-state index contributed by atoms with van der Waals surface area (Å²) in [6, 6.07) is 12.5. The lowest BCUT2D eigenvalue weighted by Crippen LogP contribution is -2.32. The van der Waals surface area contributed by atoms with Crippen molar-refractivity contribution in [1.82, 2.24) is 15.0 Å². The molecular weight excluding hydrogens is 310 g/mol. The van der Waals surface area contributed by atoms with Crippen LogP contribution in [-0.4, -0.2) is 27.5 Å². The Morgan fingerprint density at radius 1 is 1.08 bits per heavy atom. The van der Waals surface area contributed by atoms with E-state index in [2.05, 4.69) is 47.8 Å². The predicted octanol–water partition coefficient (Wildman–Crippen LogP) is 3.25. The molecule has 130 valence electrons. The zero-order valence-corrected chi connectivity index (χ0v) is 15.1. The van der Waals surface area contributed by atoms with Crippen LogP contribution >= 0.6 is 0 Å². The van der Waals surface area contributed by atoms with Crippen molar-refractivity contribution >= 4 is 16.7 Å². The van der Waals surface area contributed by atoms with Gasteiger partial charge in [0.15, 0.2) is 0 Å². The minimum absolute atomic E-state index is 0.283. The van der Waals surface area contributed by atoms with Gasteiger partial charge in [-0.15, -0.1) is 0 Å². The van der Waals surface area contributed by atoms with Gasteiger partial charge in [0.1, 0.15) is 11.6 Å². The molecular formula is C20H25N5. The second-order valence-electron chi connectivity index (χ2n) is 6.51. The molecule has 0 saturated heterocycles. The van der Waals surface area contributed by atoms with Gasteiger partial charge in [0.05, 0.1) is 17.8 Å². The van der Waals surface area contributed by atoms with Crippen molar-refractivity contribution in [2.24, 2.45) is 5.73 Å². The van der Waals surface area contributed by atoms with Crippen molar-refractivity contribution in [3.63, 3.8) is 0 Å². The van der Waals surface area contributed by atoms with E-state index < -0.39 is 0 Å². The summed E-state index contributed by atoms with van der Waals surface area (Å²) in [6.07, 6.45) is 2.52. The molecule has 0 bridgehead atoms. The first kappa shape index (κ1) is 17.3. The van der Waals surface area contributed by atoms with Gasteiger partial charge in [-0.2, -0.15) is 0 Å². The Kier molecular flexibility index (Phi) is 5.24. The van der Waals surface area contributed by atoms with Gasteiger partial charge in [-0.3, -0.25) is 4.98 Å². The summed E-state index contributed by atoms with van der Waals surface area (Å²) in [5.41, 5.74) is 8.95. The molecule has 2 N–H and O–H groups in total. The third-order valence-corrected chi connectivity index (χ3v) is 4.33. The lowest BCUT2D eigenvalue weighted by molar-refractivity contribution is 0.661. The van der Waals surface area contributed by atoms with E-state index in [4.69, 9.17) is 10.7 Å². The molecule has 0 aliphatic carbocycles. The second-order valence-corrected chi connectivity index (χ2v) is 6.51. The highest BCUT2D eigenvalue weighted by Gasteiger charge is 2.18. The van der Waals surface area contributed by atoms with Crippen molar-refractivity contribution in [2.45, 2.75) is 39.8 Å². The van der Waals surface area contributed by atoms with Gasteiger partial charge in [-0.05, 0) is 51.1 Å². The molecule has 0 unspecified atom stereocenters. The summed E-state index contributed by atoms with van der Waals surface area (Å²) < 4.78 is 0. The summed E-state index contributed by atoms with van der Waals surface area (Å²) in [4.78, 5) is 16.4. The Hall–Kier alpha value is -2.53. The first-order chi connectivity index (χ1) is 12.1. The third kappa shape index (κ3) is 3.77. The van der Waals surface area contributed by atoms with Gasteiger partial charge in [0.2, 0.25) is 0 Å². The van der Waals surface area contributed by atoms with Crippen molar-refractivity contribution in [3.05, 3.63) is 59.7 Å². The zero-order valence-electron chi connectivity index (χ0n) is 15.1. The molecule has 0 spiro atoms. The molecule has 0 saturated carbocycles. The summed E-state index contributed by atoms with van der Waals surface area (Å²) in [5, 5.41) is 1.06. The molecule has 25 heavy (non-hydrogen) atoms. The number of nitrogens with two attached hydrogens (primary N) is 1. The van der Waals surface area contributed by atoms with Crippen LogP contribution in [0.15, 0.2) is 42.6 Å². The highest BCUT2D eigenvalue weighted by Crippen LogP contribution is 2.27. The standard InChI is InChI=1S/C20H25N5/c1-14(2)25(13-18-15(3)7-6-12-22-18)20-16-8-4-5-9-17(16)23-19(24-20)10-11-21/h4-9,12,14H,10-11,13,21H2,1-3H3. The average molecular weight is 335 g/mol. The van der Waals surface area contributed by atoms with Crippen LogP contribution in [0, 0.1) is 6.92 Å². The van der Waals surface area contributed by atoms with Gasteiger partial charge in [-0.1, -0.05) is 18.2 Å². The molecule has 5 heteroatoms. The number of anilines is 1. The van der Waals surface area contributed by atoms with Crippen molar-refractivity contribution < 1.29 is 0 Å². The molecule has 0 aliphatic rings. The Balaban J connectivity index is 2.11. The molecule has 1 aromatic carbocycles. The normalized spacial score (nSPS) is 11.2. The van der Waals surface area contributed by atoms with Crippen molar-refractivity contribution in [3.8, 4) is 0 Å². The lowest BCUT2D eigenvalue weighted by atomic mass is 10.1. The zero-order chi connectivity index (χ0) is 17.8. The number of rotatable bonds is 6. The maximum Gasteiger partial charge on any atom is 0.140 e. The van der Waals surface area contributed by atoms with E-state index in [0.29, 0.717) is 19.5 Å². The first-order valence-electron chi connectivity index (χ1n) is 8.73. The highest BCUT2D eigenvalue weighted by atomic mass is 15.2. The van der Waals surface area contributed by atoms with E-state index in [1.807, 2.05) is 30.5 Å². The fourth-order valence-corrected chi connectivity index (χ4v) is 2.91. The minimum atomic E-state index is 0.283. The van der Waals surface area contributed by atoms with Crippen LogP contribution in [0.3, 0.4) is 0 Å². The molecule has 0 fully saturated rings. The van der Waals surface area contributed by atoms with E-state index in [1.165, 1.54) is 5.56 Å². The Morgan fingerprint density at radius 3 is 2.60 bits per heavy atom. The van der Waals surface area contributed by atoms with E-state index in [0.717, 1.165) is 28.2 Å². The lowest BCUT2D eigenvalue weighted by Gasteiger charge is -2.29. The first-order valence-corrected chi connectivity index (χ1v) is 8.73. The summed E-state index contributed by atoms with van der Waals surface area (Å²) in [5.74, 6) is 1.74. The molecule has 2 aromatic heterocycles. The van der Waals surface area contributed by atoms with E-state index >= 15 is 0 Å². The van der Waals surface area contributed by atoms with Crippen molar-refractivity contribution in [2.75, 3.05) is 11.4 Å². The minimum Gasteiger partial charge on any atom is -0.348 e. The summed E-state index contributed by atoms with van der Waals surface area (Å²) in [7, 11) is 0. The maximum absolute atomic E-state index is 5.73. The maximum atomic E-state index is 5.73. The number of hydrogen-bond donors (Lipinski definition) is 1. The number of fused-ring (bicyclic) bond motifs is 1. The topological polar surface area (TPSA) is 67.9 Å². The molecule has 2 heterocycles. The van der Waals surface area contributed by atoms with Gasteiger partial charge in [0, 0.05) is 24.0 Å². The summed E-state index contributed by atoms with van der Waals surface area (Å²) in [6.45, 7) is 7.71. The summed E-state index contributed by atoms with van der Waals surface area (Å²) >= 11 is 0. The smallest absolute Gasteiger partial charge is 0.140 e. The molecule has 0 aliphatic heterocycles. The second kappa shape index (κ2) is 7.57. The third-order valence-electron chi connectivity index (χ3n) is 4.33. The van der Waals surface area contributed by atoms with Crippen LogP contribution in [0.2, 0.25) is 0 Å². The van der Waals surface area contributed by atoms with Crippen LogP contribution in [-0.2, 0) is 13.0 Å². The Bertz CT molecular complexity index is 860. The predicted molar refractivity (Wildman–Crippen MR) is 103 cm³/mol. The van der Waals surface area contributed by atoms with Crippen LogP contribution in [0.1, 0.15) is 30.9 Å². The molecule has 3 rings (SSSR count). The molecule has 0 radical (unpaired) electrons. The van der Waals surface area contributed by atoms with Gasteiger partial charge >= 0.3 is 0 Å². The van der Waals surface area contributed by atoms with Gasteiger partial charge in [-0.25, -0.2) is 9.97 Å². The molecule has 0 amide bonds. The number of aromatic nitrogens is 3. The number of benzene rings is 1. The van der Waals surface area contributed by atoms with Gasteiger partial charge in [0.25, 0.3) is 0 Å². The highest BCUT2D eigenvalue weighted by molar-refractivity contribution is 5.89. The van der Waals surface area contributed by atoms with Gasteiger partial charge < -0.3 is 10.6 Å². The number of aryl methyl sites for hydroxylation is 1. The van der Waals surface area contributed by atoms with Crippen LogP contribution in [0.4, 0.5) is 5.82 Å². The molecule has 0 atom stereocenters. The largest absolute Gasteiger partial charge is 0.348 e. The van der Waals surface area contributed by atoms with Crippen LogP contribution in [0.5, 0.6) is 0 Å². The quantitative estimate of drug-likeness (QED) is 0.749. The number of nitrogens with zero attached hydrogens (tertiary/aromatic N) is 4.